The van der Waals surface area contributed by atoms with E-state index in [2.05, 4.69) is 21.4 Å². The zero-order valence-corrected chi connectivity index (χ0v) is 22.0. The molecule has 9 heteroatoms. The molecule has 0 radical (unpaired) electrons. The monoisotopic (exact) mass is 520 g/mol. The molecule has 3 aromatic heterocycles. The highest BCUT2D eigenvalue weighted by Crippen LogP contribution is 2.29. The molecule has 37 heavy (non-hydrogen) atoms. The zero-order valence-electron chi connectivity index (χ0n) is 21.2. The van der Waals surface area contributed by atoms with E-state index in [0.29, 0.717) is 17.2 Å². The first-order chi connectivity index (χ1) is 18.0. The summed E-state index contributed by atoms with van der Waals surface area (Å²) in [5.74, 6) is 1.64. The van der Waals surface area contributed by atoms with Crippen LogP contribution in [0.2, 0.25) is 5.02 Å². The fraction of sp³-hybridized carbons (Fsp3) is 0.429. The maximum Gasteiger partial charge on any atom is 0.261 e. The molecule has 0 N–H and O–H groups in total. The molecule has 5 rings (SSSR count). The van der Waals surface area contributed by atoms with Crippen molar-refractivity contribution in [3.8, 4) is 11.3 Å². The van der Waals surface area contributed by atoms with E-state index >= 15 is 0 Å². The Morgan fingerprint density at radius 1 is 1.14 bits per heavy atom. The average molecular weight is 521 g/mol. The van der Waals surface area contributed by atoms with Crippen molar-refractivity contribution in [2.75, 3.05) is 11.4 Å². The van der Waals surface area contributed by atoms with Gasteiger partial charge in [0.15, 0.2) is 5.78 Å². The normalized spacial score (nSPS) is 15.6. The predicted molar refractivity (Wildman–Crippen MR) is 146 cm³/mol. The van der Waals surface area contributed by atoms with Crippen molar-refractivity contribution in [2.24, 2.45) is 0 Å². The Morgan fingerprint density at radius 3 is 2.73 bits per heavy atom. The lowest BCUT2D eigenvalue weighted by Crippen LogP contribution is -2.39. The van der Waals surface area contributed by atoms with Gasteiger partial charge in [-0.2, -0.15) is 0 Å². The van der Waals surface area contributed by atoms with E-state index in [1.54, 1.807) is 29.2 Å². The fourth-order valence-electron chi connectivity index (χ4n) is 5.21. The molecule has 194 valence electrons. The molecule has 0 bridgehead atoms. The van der Waals surface area contributed by atoms with Crippen LogP contribution in [0.25, 0.3) is 17.0 Å². The number of unbranched alkanes of at least 4 members (excludes halogenated alkanes) is 2. The summed E-state index contributed by atoms with van der Waals surface area (Å²) < 4.78 is 5.75. The number of rotatable bonds is 11. The number of benzene rings is 1. The molecule has 0 aliphatic carbocycles. The quantitative estimate of drug-likeness (QED) is 0.253. The van der Waals surface area contributed by atoms with Crippen LogP contribution in [0.3, 0.4) is 0 Å². The van der Waals surface area contributed by atoms with Crippen molar-refractivity contribution >= 4 is 29.0 Å². The summed E-state index contributed by atoms with van der Waals surface area (Å²) in [5.41, 5.74) is 1.49. The number of ketones is 1. The van der Waals surface area contributed by atoms with Crippen molar-refractivity contribution in [3.63, 3.8) is 0 Å². The van der Waals surface area contributed by atoms with Crippen LogP contribution >= 0.6 is 11.6 Å². The van der Waals surface area contributed by atoms with Gasteiger partial charge in [0.25, 0.3) is 5.56 Å². The molecule has 1 aliphatic heterocycles. The van der Waals surface area contributed by atoms with Gasteiger partial charge in [-0.15, -0.1) is 0 Å². The molecule has 0 saturated carbocycles. The summed E-state index contributed by atoms with van der Waals surface area (Å²) in [4.78, 5) is 37.7. The lowest BCUT2D eigenvalue weighted by molar-refractivity contribution is -0.120. The van der Waals surface area contributed by atoms with Gasteiger partial charge in [0, 0.05) is 61.3 Å². The third-order valence-corrected chi connectivity index (χ3v) is 7.39. The molecule has 0 spiro atoms. The van der Waals surface area contributed by atoms with E-state index < -0.39 is 0 Å². The summed E-state index contributed by atoms with van der Waals surface area (Å²) in [6.07, 6.45) is 13.4. The van der Waals surface area contributed by atoms with Gasteiger partial charge in [-0.1, -0.05) is 43.5 Å². The summed E-state index contributed by atoms with van der Waals surface area (Å²) >= 11 is 6.07. The molecule has 1 aromatic carbocycles. The molecule has 1 fully saturated rings. The second-order valence-electron chi connectivity index (χ2n) is 9.72. The number of aryl methyl sites for hydroxylation is 2. The van der Waals surface area contributed by atoms with Crippen molar-refractivity contribution in [3.05, 3.63) is 70.6 Å². The number of anilines is 1. The van der Waals surface area contributed by atoms with Gasteiger partial charge in [0.1, 0.15) is 5.82 Å². The Labute approximate surface area is 221 Å². The molecule has 1 atom stereocenters. The zero-order chi connectivity index (χ0) is 25.8. The lowest BCUT2D eigenvalue weighted by Gasteiger charge is -2.29. The van der Waals surface area contributed by atoms with Gasteiger partial charge in [0.2, 0.25) is 5.78 Å². The minimum atomic E-state index is -0.215. The summed E-state index contributed by atoms with van der Waals surface area (Å²) in [6.45, 7) is 4.44. The van der Waals surface area contributed by atoms with Gasteiger partial charge < -0.3 is 9.47 Å². The second kappa shape index (κ2) is 11.3. The third kappa shape index (κ3) is 5.49. The van der Waals surface area contributed by atoms with Gasteiger partial charge in [-0.3, -0.25) is 18.6 Å². The minimum absolute atomic E-state index is 0.136. The van der Waals surface area contributed by atoms with Crippen molar-refractivity contribution < 1.29 is 4.79 Å². The van der Waals surface area contributed by atoms with Gasteiger partial charge in [0.05, 0.1) is 18.1 Å². The standard InChI is InChI=1S/C28H33ClN6O2/c1-2-3-4-15-34-26(33-16-5-7-24(33)25(36)8-6-14-32-17-13-30-20-32)18-27(37)35-19-23(31-28(34)35)21-9-11-22(29)12-10-21/h9-13,17-20,24H,2-8,14-16H2,1H3/t24-/m0/s1. The number of fused-ring (bicyclic) bond motifs is 1. The molecular formula is C28H33ClN6O2. The van der Waals surface area contributed by atoms with Crippen LogP contribution in [0.5, 0.6) is 0 Å². The van der Waals surface area contributed by atoms with Gasteiger partial charge in [-0.05, 0) is 37.8 Å². The maximum absolute atomic E-state index is 13.3. The number of halogens is 1. The third-order valence-electron chi connectivity index (χ3n) is 7.14. The van der Waals surface area contributed by atoms with Crippen molar-refractivity contribution in [1.29, 1.82) is 0 Å². The van der Waals surface area contributed by atoms with Crippen molar-refractivity contribution in [1.82, 2.24) is 23.5 Å². The number of hydrogen-bond donors (Lipinski definition) is 0. The highest BCUT2D eigenvalue weighted by molar-refractivity contribution is 6.30. The highest BCUT2D eigenvalue weighted by Gasteiger charge is 2.32. The number of carbonyl (C=O) groups is 1. The predicted octanol–water partition coefficient (Wildman–Crippen LogP) is 5.22. The van der Waals surface area contributed by atoms with Crippen LogP contribution < -0.4 is 10.5 Å². The SMILES string of the molecule is CCCCCn1c(N2CCC[C@H]2C(=O)CCCn2ccnc2)cc(=O)n2cc(-c3ccc(Cl)cc3)nc12. The summed E-state index contributed by atoms with van der Waals surface area (Å²) in [6, 6.07) is 8.95. The van der Waals surface area contributed by atoms with Gasteiger partial charge in [-0.25, -0.2) is 9.97 Å². The smallest absolute Gasteiger partial charge is 0.261 e. The summed E-state index contributed by atoms with van der Waals surface area (Å²) in [7, 11) is 0. The number of carbonyl (C=O) groups excluding carboxylic acids is 1. The Kier molecular flexibility index (Phi) is 7.74. The number of nitrogens with zero attached hydrogens (tertiary/aromatic N) is 6. The van der Waals surface area contributed by atoms with E-state index in [4.69, 9.17) is 16.6 Å². The van der Waals surface area contributed by atoms with Gasteiger partial charge >= 0.3 is 0 Å². The second-order valence-corrected chi connectivity index (χ2v) is 10.2. The van der Waals surface area contributed by atoms with E-state index in [1.165, 1.54) is 0 Å². The first kappa shape index (κ1) is 25.3. The van der Waals surface area contributed by atoms with Crippen LogP contribution in [0.1, 0.15) is 51.9 Å². The molecule has 1 aliphatic rings. The maximum atomic E-state index is 13.3. The van der Waals surface area contributed by atoms with E-state index in [1.807, 2.05) is 35.0 Å². The van der Waals surface area contributed by atoms with Crippen molar-refractivity contribution in [2.45, 2.75) is 71.0 Å². The minimum Gasteiger partial charge on any atom is -0.348 e. The molecular weight excluding hydrogens is 488 g/mol. The van der Waals surface area contributed by atoms with Crippen LogP contribution in [-0.4, -0.2) is 41.9 Å². The Hall–Kier alpha value is -3.39. The average Bonchev–Trinajstić information content (AvgIpc) is 3.67. The van der Waals surface area contributed by atoms with E-state index in [9.17, 15) is 9.59 Å². The first-order valence-corrected chi connectivity index (χ1v) is 13.6. The molecule has 4 heterocycles. The molecule has 8 nitrogen and oxygen atoms in total. The van der Waals surface area contributed by atoms with Crippen LogP contribution in [0, 0.1) is 0 Å². The van der Waals surface area contributed by atoms with Crippen LogP contribution in [-0.2, 0) is 17.9 Å². The number of aromatic nitrogens is 5. The fourth-order valence-corrected chi connectivity index (χ4v) is 5.34. The van der Waals surface area contributed by atoms with E-state index in [-0.39, 0.29) is 17.4 Å². The number of Topliss-reactive ketones (excluding diaryl/α,β-unsaturated/α-hetero) is 1. The molecule has 1 saturated heterocycles. The molecule has 0 unspecified atom stereocenters. The Balaban J connectivity index is 1.47. The first-order valence-electron chi connectivity index (χ1n) is 13.2. The Morgan fingerprint density at radius 2 is 1.97 bits per heavy atom. The van der Waals surface area contributed by atoms with Crippen LogP contribution in [0.15, 0.2) is 60.0 Å². The molecule has 4 aromatic rings. The number of imidazole rings is 2. The number of hydrogen-bond acceptors (Lipinski definition) is 5. The largest absolute Gasteiger partial charge is 0.348 e. The highest BCUT2D eigenvalue weighted by atomic mass is 35.5. The Bertz CT molecular complexity index is 1410. The molecule has 0 amide bonds. The summed E-state index contributed by atoms with van der Waals surface area (Å²) in [5, 5.41) is 0.656. The lowest BCUT2D eigenvalue weighted by atomic mass is 10.1. The van der Waals surface area contributed by atoms with Crippen LogP contribution in [0.4, 0.5) is 5.82 Å². The van der Waals surface area contributed by atoms with E-state index in [0.717, 1.165) is 75.2 Å². The topological polar surface area (TPSA) is 77.4 Å².